The Labute approximate surface area is 263 Å². The smallest absolute Gasteiger partial charge is 0.406 e. The van der Waals surface area contributed by atoms with Crippen molar-refractivity contribution in [1.29, 1.82) is 0 Å². The van der Waals surface area contributed by atoms with Crippen molar-refractivity contribution in [3.8, 4) is 0 Å². The highest BCUT2D eigenvalue weighted by Crippen LogP contribution is 2.37. The number of morpholine rings is 1. The van der Waals surface area contributed by atoms with Gasteiger partial charge in [0, 0.05) is 49.3 Å². The summed E-state index contributed by atoms with van der Waals surface area (Å²) in [5.41, 5.74) is 3.34. The summed E-state index contributed by atoms with van der Waals surface area (Å²) in [7, 11) is -1.27. The van der Waals surface area contributed by atoms with Crippen molar-refractivity contribution in [2.75, 3.05) is 39.7 Å². The summed E-state index contributed by atoms with van der Waals surface area (Å²) in [6.45, 7) is 5.65. The van der Waals surface area contributed by atoms with Gasteiger partial charge in [0.25, 0.3) is 16.0 Å². The molecule has 1 aliphatic heterocycles. The summed E-state index contributed by atoms with van der Waals surface area (Å²) in [4.78, 5) is 34.4. The number of ether oxygens (including phenoxy) is 2. The van der Waals surface area contributed by atoms with Crippen LogP contribution in [0.2, 0.25) is 0 Å². The van der Waals surface area contributed by atoms with Crippen molar-refractivity contribution in [2.45, 2.75) is 70.4 Å². The van der Waals surface area contributed by atoms with E-state index >= 15 is 0 Å². The zero-order chi connectivity index (χ0) is 32.1. The fourth-order valence-corrected chi connectivity index (χ4v) is 6.74. The van der Waals surface area contributed by atoms with Crippen molar-refractivity contribution in [3.63, 3.8) is 0 Å². The second-order valence-electron chi connectivity index (χ2n) is 11.6. The Morgan fingerprint density at radius 3 is 2.60 bits per heavy atom. The predicted octanol–water partition coefficient (Wildman–Crippen LogP) is 2.78. The first-order valence-corrected chi connectivity index (χ1v) is 16.8. The van der Waals surface area contributed by atoms with Crippen molar-refractivity contribution < 1.29 is 31.7 Å². The average molecular weight is 643 g/mol. The van der Waals surface area contributed by atoms with Crippen molar-refractivity contribution in [3.05, 3.63) is 59.4 Å². The van der Waals surface area contributed by atoms with Gasteiger partial charge in [0.15, 0.2) is 5.65 Å². The molecule has 1 aliphatic carbocycles. The Kier molecular flexibility index (Phi) is 10.4. The maximum atomic E-state index is 14.3. The number of aryl methyl sites for hydroxylation is 2. The topological polar surface area (TPSA) is 145 Å². The van der Waals surface area contributed by atoms with Crippen LogP contribution >= 0.6 is 0 Å². The number of carbonyl (C=O) groups is 2. The first-order chi connectivity index (χ1) is 21.6. The first-order valence-electron chi connectivity index (χ1n) is 15.3. The van der Waals surface area contributed by atoms with Crippen LogP contribution in [0.4, 0.5) is 4.79 Å². The monoisotopic (exact) mass is 642 g/mol. The molecule has 13 nitrogen and oxygen atoms in total. The van der Waals surface area contributed by atoms with Crippen LogP contribution in [0.25, 0.3) is 11.0 Å². The van der Waals surface area contributed by atoms with Crippen molar-refractivity contribution in [1.82, 2.24) is 29.9 Å². The molecule has 1 aromatic carbocycles. The molecule has 0 unspecified atom stereocenters. The summed E-state index contributed by atoms with van der Waals surface area (Å²) >= 11 is 0. The van der Waals surface area contributed by atoms with Gasteiger partial charge in [-0.05, 0) is 50.8 Å². The number of nitrogens with one attached hydrogen (secondary N) is 1. The molecule has 2 aliphatic rings. The Hall–Kier alpha value is -3.59. The van der Waals surface area contributed by atoms with Gasteiger partial charge in [-0.3, -0.25) is 13.9 Å². The molecule has 0 radical (unpaired) electrons. The van der Waals surface area contributed by atoms with Gasteiger partial charge in [-0.25, -0.2) is 14.5 Å². The minimum atomic E-state index is -3.75. The molecular formula is C31H42N6O7S. The Morgan fingerprint density at radius 1 is 1.16 bits per heavy atom. The molecule has 0 spiro atoms. The molecule has 2 fully saturated rings. The molecule has 0 bridgehead atoms. The highest BCUT2D eigenvalue weighted by molar-refractivity contribution is 7.86. The van der Waals surface area contributed by atoms with Gasteiger partial charge < -0.3 is 19.7 Å². The maximum absolute atomic E-state index is 14.3. The lowest BCUT2D eigenvalue weighted by Crippen LogP contribution is -2.57. The quantitative estimate of drug-likeness (QED) is 0.218. The molecule has 3 heterocycles. The zero-order valence-electron chi connectivity index (χ0n) is 26.2. The van der Waals surface area contributed by atoms with E-state index in [1.807, 2.05) is 70.8 Å². The first kappa shape index (κ1) is 32.8. The molecule has 244 valence electrons. The van der Waals surface area contributed by atoms with E-state index in [0.29, 0.717) is 26.1 Å². The third-order valence-electron chi connectivity index (χ3n) is 8.33. The van der Waals surface area contributed by atoms with Gasteiger partial charge in [0.2, 0.25) is 0 Å². The molecule has 45 heavy (non-hydrogen) atoms. The number of amides is 2. The highest BCUT2D eigenvalue weighted by Gasteiger charge is 2.44. The fourth-order valence-electron chi connectivity index (χ4n) is 5.83. The second-order valence-corrected chi connectivity index (χ2v) is 13.4. The number of pyridine rings is 1. The predicted molar refractivity (Wildman–Crippen MR) is 167 cm³/mol. The molecule has 5 rings (SSSR count). The maximum Gasteiger partial charge on any atom is 0.406 e. The molecular weight excluding hydrogens is 600 g/mol. The summed E-state index contributed by atoms with van der Waals surface area (Å²) < 4.78 is 42.1. The van der Waals surface area contributed by atoms with Gasteiger partial charge in [-0.2, -0.15) is 13.5 Å². The minimum Gasteiger partial charge on any atom is -0.453 e. The molecule has 1 saturated heterocycles. The van der Waals surface area contributed by atoms with Gasteiger partial charge in [0.05, 0.1) is 38.3 Å². The second kappa shape index (κ2) is 14.2. The van der Waals surface area contributed by atoms with E-state index in [1.54, 1.807) is 0 Å². The molecule has 1 saturated carbocycles. The van der Waals surface area contributed by atoms with Crippen LogP contribution in [0.3, 0.4) is 0 Å². The van der Waals surface area contributed by atoms with Gasteiger partial charge >= 0.3 is 6.09 Å². The molecule has 1 N–H and O–H groups in total. The lowest BCUT2D eigenvalue weighted by atomic mass is 10.1. The molecule has 2 amide bonds. The minimum absolute atomic E-state index is 0.0631. The van der Waals surface area contributed by atoms with Crippen LogP contribution in [-0.2, 0) is 41.7 Å². The highest BCUT2D eigenvalue weighted by atomic mass is 32.2. The number of fused-ring (bicyclic) bond motifs is 1. The zero-order valence-corrected chi connectivity index (χ0v) is 27.0. The Bertz CT molecular complexity index is 1590. The average Bonchev–Trinajstić information content (AvgIpc) is 3.80. The third kappa shape index (κ3) is 7.98. The van der Waals surface area contributed by atoms with Crippen LogP contribution in [0.1, 0.15) is 49.2 Å². The fraction of sp³-hybridized carbons (Fsp3) is 0.548. The standard InChI is InChI=1S/C31H42N6O7S/c1-21-11-14-26-28(34-36(29(26)33-21)16-8-15-32-31(39)42-3)22(2)37(24-12-13-24)30(38)27-18-35(17-23-9-6-5-7-10-23)25(19-44-27)20-45(40,41)43-4/h5-7,9-11,14,22,24-25,27H,8,12-13,15-20H2,1-4H3,(H,32,39)/t22-,25-,27-/m1/s1. The van der Waals surface area contributed by atoms with Crippen LogP contribution < -0.4 is 5.32 Å². The molecule has 14 heteroatoms. The van der Waals surface area contributed by atoms with Crippen LogP contribution in [0, 0.1) is 6.92 Å². The number of hydrogen-bond acceptors (Lipinski definition) is 10. The normalized spacial score (nSPS) is 19.7. The van der Waals surface area contributed by atoms with E-state index in [2.05, 4.69) is 10.1 Å². The Balaban J connectivity index is 1.37. The van der Waals surface area contributed by atoms with E-state index in [9.17, 15) is 18.0 Å². The summed E-state index contributed by atoms with van der Waals surface area (Å²) in [5.74, 6) is -0.369. The number of aromatic nitrogens is 3. The summed E-state index contributed by atoms with van der Waals surface area (Å²) in [5, 5.41) is 8.50. The van der Waals surface area contributed by atoms with Crippen molar-refractivity contribution in [2.24, 2.45) is 0 Å². The lowest BCUT2D eigenvalue weighted by molar-refractivity contribution is -0.155. The number of nitrogens with zero attached hydrogens (tertiary/aromatic N) is 5. The van der Waals surface area contributed by atoms with Crippen LogP contribution in [-0.4, -0.2) is 103 Å². The van der Waals surface area contributed by atoms with E-state index < -0.39 is 28.4 Å². The van der Waals surface area contributed by atoms with E-state index in [4.69, 9.17) is 19.0 Å². The SMILES string of the molecule is COC(=O)NCCCn1nc([C@@H](C)N(C(=O)[C@H]2CN(Cc3ccccc3)[C@@H](CS(=O)(=O)OC)CO2)C2CC2)c2ccc(C)nc21. The summed E-state index contributed by atoms with van der Waals surface area (Å²) in [6.07, 6.45) is 1.15. The largest absolute Gasteiger partial charge is 0.453 e. The van der Waals surface area contributed by atoms with Crippen molar-refractivity contribution >= 4 is 33.2 Å². The molecule has 3 aromatic rings. The number of carbonyl (C=O) groups excluding carboxylic acids is 2. The Morgan fingerprint density at radius 2 is 1.91 bits per heavy atom. The molecule has 2 aromatic heterocycles. The number of rotatable bonds is 13. The van der Waals surface area contributed by atoms with E-state index in [0.717, 1.165) is 47.9 Å². The van der Waals surface area contributed by atoms with Crippen LogP contribution in [0.15, 0.2) is 42.5 Å². The van der Waals surface area contributed by atoms with Gasteiger partial charge in [-0.1, -0.05) is 30.3 Å². The number of methoxy groups -OCH3 is 1. The van der Waals surface area contributed by atoms with E-state index in [1.165, 1.54) is 7.11 Å². The molecule has 3 atom stereocenters. The van der Waals surface area contributed by atoms with Gasteiger partial charge in [0.1, 0.15) is 6.10 Å². The number of hydrogen-bond donors (Lipinski definition) is 1. The lowest BCUT2D eigenvalue weighted by Gasteiger charge is -2.41. The van der Waals surface area contributed by atoms with Gasteiger partial charge in [-0.15, -0.1) is 0 Å². The number of alkyl carbamates (subject to hydrolysis) is 1. The van der Waals surface area contributed by atoms with Crippen LogP contribution in [0.5, 0.6) is 0 Å². The number of benzene rings is 1. The third-order valence-corrected chi connectivity index (χ3v) is 9.63. The summed E-state index contributed by atoms with van der Waals surface area (Å²) in [6, 6.07) is 12.9. The van der Waals surface area contributed by atoms with E-state index in [-0.39, 0.29) is 36.9 Å².